The topological polar surface area (TPSA) is 66.8 Å². The van der Waals surface area contributed by atoms with Crippen molar-refractivity contribution in [2.45, 2.75) is 57.6 Å². The number of carbonyl (C=O) groups excluding carboxylic acids is 2. The zero-order valence-electron chi connectivity index (χ0n) is 20.6. The summed E-state index contributed by atoms with van der Waals surface area (Å²) in [4.78, 5) is 26.4. The van der Waals surface area contributed by atoms with Crippen LogP contribution in [0.1, 0.15) is 53.0 Å². The minimum atomic E-state index is -0.712. The lowest BCUT2D eigenvalue weighted by atomic mass is 9.79. The van der Waals surface area contributed by atoms with Crippen molar-refractivity contribution in [1.82, 2.24) is 4.57 Å². The fourth-order valence-corrected chi connectivity index (χ4v) is 5.55. The van der Waals surface area contributed by atoms with Crippen LogP contribution in [0.2, 0.25) is 5.02 Å². The molecule has 6 nitrogen and oxygen atoms in total. The number of fused-ring (bicyclic) bond motifs is 1. The number of hydrogen-bond acceptors (Lipinski definition) is 5. The molecular formula is C29H30ClNO5. The first-order valence-electron chi connectivity index (χ1n) is 12.4. The molecule has 0 unspecified atom stereocenters. The third-order valence-electron chi connectivity index (χ3n) is 7.41. The molecule has 2 aliphatic rings. The number of Topliss-reactive ketones (excluding diaryl/α,β-unsaturated/α-hetero) is 1. The molecule has 1 aliphatic carbocycles. The smallest absolute Gasteiger partial charge is 0.317 e. The monoisotopic (exact) mass is 507 g/mol. The van der Waals surface area contributed by atoms with Crippen LogP contribution in [0.15, 0.2) is 54.6 Å². The van der Waals surface area contributed by atoms with Crippen molar-refractivity contribution in [1.29, 1.82) is 0 Å². The van der Waals surface area contributed by atoms with Gasteiger partial charge in [-0.05, 0) is 62.6 Å². The number of benzene rings is 2. The number of carbonyl (C=O) groups is 2. The summed E-state index contributed by atoms with van der Waals surface area (Å²) in [5.74, 6) is 0.918. The quantitative estimate of drug-likeness (QED) is 0.297. The second kappa shape index (κ2) is 10.0. The van der Waals surface area contributed by atoms with Gasteiger partial charge < -0.3 is 18.8 Å². The highest BCUT2D eigenvalue weighted by atomic mass is 35.5. The zero-order valence-corrected chi connectivity index (χ0v) is 21.3. The van der Waals surface area contributed by atoms with Gasteiger partial charge in [0.15, 0.2) is 24.2 Å². The molecule has 1 aromatic heterocycles. The maximum atomic E-state index is 13.3. The first kappa shape index (κ1) is 24.4. The number of esters is 1. The number of nitrogens with zero attached hydrogens (tertiary/aromatic N) is 1. The van der Waals surface area contributed by atoms with E-state index in [2.05, 4.69) is 4.57 Å². The molecule has 36 heavy (non-hydrogen) atoms. The molecule has 188 valence electrons. The van der Waals surface area contributed by atoms with Gasteiger partial charge in [-0.15, -0.1) is 0 Å². The van der Waals surface area contributed by atoms with Crippen molar-refractivity contribution in [2.24, 2.45) is 0 Å². The molecule has 1 atom stereocenters. The van der Waals surface area contributed by atoms with Crippen LogP contribution < -0.4 is 9.47 Å². The number of rotatable bonds is 7. The Bertz CT molecular complexity index is 1270. The minimum absolute atomic E-state index is 0.174. The van der Waals surface area contributed by atoms with Gasteiger partial charge in [-0.2, -0.15) is 0 Å². The van der Waals surface area contributed by atoms with Crippen LogP contribution in [-0.4, -0.2) is 35.6 Å². The number of hydrogen-bond donors (Lipinski definition) is 0. The molecule has 7 heteroatoms. The summed E-state index contributed by atoms with van der Waals surface area (Å²) in [5.41, 5.74) is 2.51. The normalized spacial score (nSPS) is 18.1. The Morgan fingerprint density at radius 3 is 2.47 bits per heavy atom. The Morgan fingerprint density at radius 2 is 1.75 bits per heavy atom. The molecule has 0 N–H and O–H groups in total. The fourth-order valence-electron chi connectivity index (χ4n) is 5.43. The second-order valence-corrected chi connectivity index (χ2v) is 10.1. The summed E-state index contributed by atoms with van der Waals surface area (Å²) in [6.07, 6.45) is 3.15. The van der Waals surface area contributed by atoms with E-state index in [9.17, 15) is 9.59 Å². The highest BCUT2D eigenvalue weighted by molar-refractivity contribution is 6.30. The summed E-state index contributed by atoms with van der Waals surface area (Å²) in [7, 11) is 0. The van der Waals surface area contributed by atoms with Crippen LogP contribution in [0.3, 0.4) is 0 Å². The Kier molecular flexibility index (Phi) is 6.80. The molecule has 1 aliphatic heterocycles. The SMILES string of the molecule is Cc1cc(C(=O)COC(=O)C2(c3ccc(Cl)cc3)CCCC2)c(C)n1C[C@@H]1COc2ccccc2O1. The van der Waals surface area contributed by atoms with Gasteiger partial charge in [0.1, 0.15) is 6.61 Å². The fraction of sp³-hybridized carbons (Fsp3) is 0.379. The van der Waals surface area contributed by atoms with E-state index in [0.29, 0.717) is 36.6 Å². The van der Waals surface area contributed by atoms with Crippen molar-refractivity contribution >= 4 is 23.4 Å². The minimum Gasteiger partial charge on any atom is -0.486 e. The first-order chi connectivity index (χ1) is 17.4. The van der Waals surface area contributed by atoms with Gasteiger partial charge in [0.25, 0.3) is 0 Å². The van der Waals surface area contributed by atoms with Crippen LogP contribution in [0, 0.1) is 13.8 Å². The summed E-state index contributed by atoms with van der Waals surface area (Å²) in [5, 5.41) is 0.625. The molecule has 0 bridgehead atoms. The predicted octanol–water partition coefficient (Wildman–Crippen LogP) is 5.84. The van der Waals surface area contributed by atoms with Gasteiger partial charge in [0, 0.05) is 22.0 Å². The number of ether oxygens (including phenoxy) is 3. The largest absolute Gasteiger partial charge is 0.486 e. The number of halogens is 1. The number of ketones is 1. The third-order valence-corrected chi connectivity index (χ3v) is 7.66. The molecular weight excluding hydrogens is 478 g/mol. The van der Waals surface area contributed by atoms with Gasteiger partial charge in [0.05, 0.1) is 12.0 Å². The first-order valence-corrected chi connectivity index (χ1v) is 12.8. The van der Waals surface area contributed by atoms with Gasteiger partial charge in [0.2, 0.25) is 5.78 Å². The van der Waals surface area contributed by atoms with Crippen molar-refractivity contribution < 1.29 is 23.8 Å². The molecule has 2 heterocycles. The van der Waals surface area contributed by atoms with Crippen molar-refractivity contribution in [3.63, 3.8) is 0 Å². The van der Waals surface area contributed by atoms with Gasteiger partial charge in [-0.3, -0.25) is 9.59 Å². The standard InChI is InChI=1S/C29H30ClNO5/c1-19-15-24(20(2)31(19)16-23-17-34-26-7-3-4-8-27(26)36-23)25(32)18-35-28(33)29(13-5-6-14-29)21-9-11-22(30)12-10-21/h3-4,7-12,15,23H,5-6,13-14,16-18H2,1-2H3/t23-/m1/s1. The number of para-hydroxylation sites is 2. The highest BCUT2D eigenvalue weighted by Gasteiger charge is 2.44. The maximum absolute atomic E-state index is 13.3. The van der Waals surface area contributed by atoms with E-state index in [-0.39, 0.29) is 24.5 Å². The van der Waals surface area contributed by atoms with Crippen LogP contribution >= 0.6 is 11.6 Å². The second-order valence-electron chi connectivity index (χ2n) is 9.69. The van der Waals surface area contributed by atoms with E-state index >= 15 is 0 Å². The van der Waals surface area contributed by atoms with E-state index in [0.717, 1.165) is 41.3 Å². The number of aromatic nitrogens is 1. The Balaban J connectivity index is 1.26. The van der Waals surface area contributed by atoms with E-state index in [1.165, 1.54) is 0 Å². The molecule has 0 radical (unpaired) electrons. The Hall–Kier alpha value is -3.25. The summed E-state index contributed by atoms with van der Waals surface area (Å²) >= 11 is 6.05. The van der Waals surface area contributed by atoms with Crippen molar-refractivity contribution in [3.8, 4) is 11.5 Å². The Labute approximate surface area is 216 Å². The third kappa shape index (κ3) is 4.62. The van der Waals surface area contributed by atoms with Crippen molar-refractivity contribution in [3.05, 3.63) is 82.1 Å². The maximum Gasteiger partial charge on any atom is 0.317 e. The molecule has 0 amide bonds. The molecule has 0 spiro atoms. The highest BCUT2D eigenvalue weighted by Crippen LogP contribution is 2.42. The number of aryl methyl sites for hydroxylation is 1. The predicted molar refractivity (Wildman–Crippen MR) is 137 cm³/mol. The summed E-state index contributed by atoms with van der Waals surface area (Å²) in [6.45, 7) is 4.57. The average molecular weight is 508 g/mol. The lowest BCUT2D eigenvalue weighted by Gasteiger charge is -2.27. The van der Waals surface area contributed by atoms with E-state index < -0.39 is 5.41 Å². The van der Waals surface area contributed by atoms with Gasteiger partial charge >= 0.3 is 5.97 Å². The molecule has 1 fully saturated rings. The van der Waals surface area contributed by atoms with Crippen LogP contribution in [0.25, 0.3) is 0 Å². The molecule has 2 aromatic carbocycles. The zero-order chi connectivity index (χ0) is 25.3. The van der Waals surface area contributed by atoms with Gasteiger partial charge in [-0.25, -0.2) is 0 Å². The van der Waals surface area contributed by atoms with Gasteiger partial charge in [-0.1, -0.05) is 48.7 Å². The lowest BCUT2D eigenvalue weighted by Crippen LogP contribution is -2.36. The average Bonchev–Trinajstić information content (AvgIpc) is 3.49. The van der Waals surface area contributed by atoms with E-state index in [4.69, 9.17) is 25.8 Å². The van der Waals surface area contributed by atoms with E-state index in [1.807, 2.05) is 56.3 Å². The Morgan fingerprint density at radius 1 is 1.06 bits per heavy atom. The molecule has 5 rings (SSSR count). The molecule has 3 aromatic rings. The lowest BCUT2D eigenvalue weighted by molar-refractivity contribution is -0.149. The summed E-state index contributed by atoms with van der Waals surface area (Å²) < 4.78 is 19.6. The molecule has 0 saturated heterocycles. The van der Waals surface area contributed by atoms with E-state index in [1.54, 1.807) is 12.1 Å². The summed E-state index contributed by atoms with van der Waals surface area (Å²) in [6, 6.07) is 16.8. The molecule has 1 saturated carbocycles. The van der Waals surface area contributed by atoms with Crippen LogP contribution in [0.5, 0.6) is 11.5 Å². The van der Waals surface area contributed by atoms with Crippen molar-refractivity contribution in [2.75, 3.05) is 13.2 Å². The van der Waals surface area contributed by atoms with Crippen LogP contribution in [0.4, 0.5) is 0 Å². The van der Waals surface area contributed by atoms with Crippen LogP contribution in [-0.2, 0) is 21.5 Å².